The van der Waals surface area contributed by atoms with Crippen LogP contribution in [0.3, 0.4) is 0 Å². The molecule has 0 saturated heterocycles. The van der Waals surface area contributed by atoms with E-state index in [4.69, 9.17) is 17.3 Å². The predicted molar refractivity (Wildman–Crippen MR) is 61.9 cm³/mol. The molecule has 3 N–H and O–H groups in total. The quantitative estimate of drug-likeness (QED) is 0.760. The van der Waals surface area contributed by atoms with E-state index < -0.39 is 0 Å². The number of hydrogen-bond acceptors (Lipinski definition) is 4. The number of nitrogens with zero attached hydrogens (tertiary/aromatic N) is 2. The maximum absolute atomic E-state index is 5.76. The van der Waals surface area contributed by atoms with E-state index in [0.29, 0.717) is 17.5 Å². The number of rotatable bonds is 2. The fourth-order valence-electron chi connectivity index (χ4n) is 2.02. The molecular formula is C10H15ClN4. The Morgan fingerprint density at radius 3 is 3.00 bits per heavy atom. The minimum Gasteiger partial charge on any atom is -0.394 e. The summed E-state index contributed by atoms with van der Waals surface area (Å²) in [6.07, 6.45) is 5.13. The average molecular weight is 227 g/mol. The van der Waals surface area contributed by atoms with E-state index in [1.54, 1.807) is 0 Å². The third-order valence-electron chi connectivity index (χ3n) is 2.82. The Balaban J connectivity index is 2.07. The van der Waals surface area contributed by atoms with Crippen molar-refractivity contribution >= 4 is 23.1 Å². The van der Waals surface area contributed by atoms with Gasteiger partial charge in [-0.25, -0.2) is 4.98 Å². The number of nitrogens with two attached hydrogens (primary N) is 1. The summed E-state index contributed by atoms with van der Waals surface area (Å²) in [5, 5.41) is 3.55. The first-order valence-electron chi connectivity index (χ1n) is 5.19. The molecule has 1 fully saturated rings. The molecule has 2 unspecified atom stereocenters. The highest BCUT2D eigenvalue weighted by Crippen LogP contribution is 2.28. The topological polar surface area (TPSA) is 63.8 Å². The van der Waals surface area contributed by atoms with Crippen LogP contribution in [-0.4, -0.2) is 16.0 Å². The van der Waals surface area contributed by atoms with Gasteiger partial charge in [0.25, 0.3) is 0 Å². The molecule has 1 aromatic heterocycles. The summed E-state index contributed by atoms with van der Waals surface area (Å²) in [7, 11) is 0. The van der Waals surface area contributed by atoms with E-state index in [2.05, 4.69) is 22.2 Å². The van der Waals surface area contributed by atoms with Crippen LogP contribution in [0.5, 0.6) is 0 Å². The lowest BCUT2D eigenvalue weighted by Gasteiger charge is -2.14. The van der Waals surface area contributed by atoms with Gasteiger partial charge in [-0.1, -0.05) is 6.92 Å². The van der Waals surface area contributed by atoms with Gasteiger partial charge in [0.2, 0.25) is 5.28 Å². The predicted octanol–water partition coefficient (Wildman–Crippen LogP) is 2.31. The number of anilines is 2. The average Bonchev–Trinajstić information content (AvgIpc) is 2.58. The smallest absolute Gasteiger partial charge is 0.224 e. The van der Waals surface area contributed by atoms with Crippen molar-refractivity contribution in [1.82, 2.24) is 9.97 Å². The summed E-state index contributed by atoms with van der Waals surface area (Å²) in [6.45, 7) is 2.26. The number of nitrogen functional groups attached to an aromatic ring is 1. The Morgan fingerprint density at radius 2 is 2.33 bits per heavy atom. The van der Waals surface area contributed by atoms with Crippen molar-refractivity contribution in [3.63, 3.8) is 0 Å². The van der Waals surface area contributed by atoms with E-state index in [-0.39, 0.29) is 5.28 Å². The fourth-order valence-corrected chi connectivity index (χ4v) is 2.15. The number of aromatic nitrogens is 2. The minimum absolute atomic E-state index is 0.234. The minimum atomic E-state index is 0.234. The molecule has 0 bridgehead atoms. The molecule has 0 amide bonds. The van der Waals surface area contributed by atoms with Crippen LogP contribution in [0.4, 0.5) is 11.5 Å². The van der Waals surface area contributed by atoms with Gasteiger partial charge >= 0.3 is 0 Å². The first kappa shape index (κ1) is 10.5. The highest BCUT2D eigenvalue weighted by Gasteiger charge is 2.22. The lowest BCUT2D eigenvalue weighted by Crippen LogP contribution is -2.17. The van der Waals surface area contributed by atoms with Gasteiger partial charge in [-0.2, -0.15) is 4.98 Å². The molecular weight excluding hydrogens is 212 g/mol. The summed E-state index contributed by atoms with van der Waals surface area (Å²) < 4.78 is 0. The fraction of sp³-hybridized carbons (Fsp3) is 0.600. The Kier molecular flexibility index (Phi) is 2.95. The Hall–Kier alpha value is -1.03. The Bertz CT molecular complexity index is 355. The molecule has 15 heavy (non-hydrogen) atoms. The third-order valence-corrected chi connectivity index (χ3v) is 3.01. The van der Waals surface area contributed by atoms with Gasteiger partial charge in [0, 0.05) is 6.04 Å². The van der Waals surface area contributed by atoms with Gasteiger partial charge in [0.15, 0.2) is 5.82 Å². The van der Waals surface area contributed by atoms with Gasteiger partial charge in [-0.3, -0.25) is 0 Å². The molecule has 2 rings (SSSR count). The Morgan fingerprint density at radius 1 is 1.53 bits per heavy atom. The van der Waals surface area contributed by atoms with Crippen molar-refractivity contribution in [3.05, 3.63) is 11.5 Å². The van der Waals surface area contributed by atoms with Crippen molar-refractivity contribution in [1.29, 1.82) is 0 Å². The van der Waals surface area contributed by atoms with Crippen LogP contribution in [-0.2, 0) is 0 Å². The molecule has 1 aromatic rings. The third kappa shape index (κ3) is 2.50. The molecule has 0 spiro atoms. The standard InChI is InChI=1S/C10H15ClN4/c1-6-2-3-7(4-6)14-9-8(12)5-13-10(11)15-9/h5-7H,2-4,12H2,1H3,(H,13,14,15). The summed E-state index contributed by atoms with van der Waals surface area (Å²) in [5.74, 6) is 1.44. The summed E-state index contributed by atoms with van der Waals surface area (Å²) in [4.78, 5) is 7.90. The Labute approximate surface area is 94.2 Å². The maximum Gasteiger partial charge on any atom is 0.224 e. The number of hydrogen-bond donors (Lipinski definition) is 2. The second kappa shape index (κ2) is 4.23. The largest absolute Gasteiger partial charge is 0.394 e. The zero-order valence-electron chi connectivity index (χ0n) is 8.70. The molecule has 1 saturated carbocycles. The number of nitrogens with one attached hydrogen (secondary N) is 1. The van der Waals surface area contributed by atoms with E-state index in [0.717, 1.165) is 5.92 Å². The molecule has 4 nitrogen and oxygen atoms in total. The molecule has 1 heterocycles. The van der Waals surface area contributed by atoms with Crippen molar-refractivity contribution in [2.75, 3.05) is 11.1 Å². The molecule has 5 heteroatoms. The van der Waals surface area contributed by atoms with Crippen LogP contribution >= 0.6 is 11.6 Å². The molecule has 1 aliphatic carbocycles. The van der Waals surface area contributed by atoms with Crippen molar-refractivity contribution in [3.8, 4) is 0 Å². The second-order valence-electron chi connectivity index (χ2n) is 4.20. The normalized spacial score (nSPS) is 25.5. The van der Waals surface area contributed by atoms with Crippen LogP contribution in [0.25, 0.3) is 0 Å². The molecule has 0 aliphatic heterocycles. The molecule has 2 atom stereocenters. The lowest BCUT2D eigenvalue weighted by molar-refractivity contribution is 0.602. The van der Waals surface area contributed by atoms with E-state index >= 15 is 0 Å². The molecule has 0 aromatic carbocycles. The van der Waals surface area contributed by atoms with Gasteiger partial charge in [0.1, 0.15) is 0 Å². The van der Waals surface area contributed by atoms with Crippen LogP contribution in [0, 0.1) is 5.92 Å². The lowest BCUT2D eigenvalue weighted by atomic mass is 10.1. The van der Waals surface area contributed by atoms with Crippen LogP contribution in [0.1, 0.15) is 26.2 Å². The van der Waals surface area contributed by atoms with Crippen molar-refractivity contribution in [2.24, 2.45) is 5.92 Å². The zero-order chi connectivity index (χ0) is 10.8. The molecule has 1 aliphatic rings. The van der Waals surface area contributed by atoms with E-state index in [1.165, 1.54) is 25.5 Å². The van der Waals surface area contributed by atoms with Crippen LogP contribution in [0.15, 0.2) is 6.20 Å². The monoisotopic (exact) mass is 226 g/mol. The highest BCUT2D eigenvalue weighted by atomic mass is 35.5. The van der Waals surface area contributed by atoms with Gasteiger partial charge in [0.05, 0.1) is 11.9 Å². The second-order valence-corrected chi connectivity index (χ2v) is 4.54. The van der Waals surface area contributed by atoms with Gasteiger partial charge < -0.3 is 11.1 Å². The van der Waals surface area contributed by atoms with Gasteiger partial charge in [-0.15, -0.1) is 0 Å². The van der Waals surface area contributed by atoms with Crippen molar-refractivity contribution in [2.45, 2.75) is 32.2 Å². The van der Waals surface area contributed by atoms with Gasteiger partial charge in [-0.05, 0) is 36.8 Å². The van der Waals surface area contributed by atoms with E-state index in [9.17, 15) is 0 Å². The van der Waals surface area contributed by atoms with Crippen molar-refractivity contribution < 1.29 is 0 Å². The summed E-state index contributed by atoms with van der Waals surface area (Å²) in [6, 6.07) is 0.466. The molecule has 82 valence electrons. The number of halogens is 1. The zero-order valence-corrected chi connectivity index (χ0v) is 9.46. The maximum atomic E-state index is 5.76. The first-order chi connectivity index (χ1) is 7.15. The highest BCUT2D eigenvalue weighted by molar-refractivity contribution is 6.28. The summed E-state index contributed by atoms with van der Waals surface area (Å²) >= 11 is 5.71. The SMILES string of the molecule is CC1CCC(Nc2nc(Cl)ncc2N)C1. The first-order valence-corrected chi connectivity index (χ1v) is 5.57. The summed E-state index contributed by atoms with van der Waals surface area (Å²) in [5.41, 5.74) is 6.31. The van der Waals surface area contributed by atoms with E-state index in [1.807, 2.05) is 0 Å². The van der Waals surface area contributed by atoms with Crippen LogP contribution < -0.4 is 11.1 Å². The van der Waals surface area contributed by atoms with Crippen LogP contribution in [0.2, 0.25) is 5.28 Å². The molecule has 0 radical (unpaired) electrons.